The molecule has 1 saturated heterocycles. The largest absolute Gasteiger partial charge is 0.353 e. The average Bonchev–Trinajstić information content (AvgIpc) is 3.17. The third-order valence-corrected chi connectivity index (χ3v) is 4.72. The SMILES string of the molecule is Cc1ccccc1-c1nnn(CC(=O)N2CCN(c3ccccn3)CC2)n1. The highest BCUT2D eigenvalue weighted by Crippen LogP contribution is 2.18. The summed E-state index contributed by atoms with van der Waals surface area (Å²) in [5, 5.41) is 12.5. The standard InChI is InChI=1S/C19H21N7O/c1-15-6-2-3-7-16(15)19-21-23-26(22-19)14-18(27)25-12-10-24(11-13-25)17-8-4-5-9-20-17/h2-9H,10-14H2,1H3. The van der Waals surface area contributed by atoms with Gasteiger partial charge in [-0.3, -0.25) is 4.79 Å². The molecule has 138 valence electrons. The van der Waals surface area contributed by atoms with E-state index in [9.17, 15) is 4.79 Å². The molecule has 2 aromatic heterocycles. The van der Waals surface area contributed by atoms with Gasteiger partial charge in [0.15, 0.2) is 0 Å². The molecule has 1 aliphatic heterocycles. The first-order valence-electron chi connectivity index (χ1n) is 8.98. The van der Waals surface area contributed by atoms with E-state index in [-0.39, 0.29) is 12.5 Å². The Bertz CT molecular complexity index is 917. The third kappa shape index (κ3) is 3.79. The lowest BCUT2D eigenvalue weighted by Gasteiger charge is -2.35. The number of anilines is 1. The van der Waals surface area contributed by atoms with Crippen LogP contribution in [-0.4, -0.2) is 62.2 Å². The number of carbonyl (C=O) groups is 1. The highest BCUT2D eigenvalue weighted by molar-refractivity contribution is 5.76. The number of hydrogen-bond acceptors (Lipinski definition) is 6. The molecule has 0 radical (unpaired) electrons. The Morgan fingerprint density at radius 1 is 1.04 bits per heavy atom. The van der Waals surface area contributed by atoms with E-state index in [0.29, 0.717) is 18.9 Å². The zero-order valence-corrected chi connectivity index (χ0v) is 15.2. The van der Waals surface area contributed by atoms with E-state index in [1.54, 1.807) is 6.20 Å². The normalized spacial score (nSPS) is 14.4. The van der Waals surface area contributed by atoms with Crippen LogP contribution in [0, 0.1) is 6.92 Å². The second-order valence-electron chi connectivity index (χ2n) is 6.51. The van der Waals surface area contributed by atoms with Crippen LogP contribution in [0.3, 0.4) is 0 Å². The average molecular weight is 363 g/mol. The van der Waals surface area contributed by atoms with Crippen LogP contribution in [0.2, 0.25) is 0 Å². The van der Waals surface area contributed by atoms with Gasteiger partial charge in [-0.2, -0.15) is 4.80 Å². The van der Waals surface area contributed by atoms with Gasteiger partial charge in [-0.25, -0.2) is 4.98 Å². The van der Waals surface area contributed by atoms with Crippen LogP contribution >= 0.6 is 0 Å². The monoisotopic (exact) mass is 363 g/mol. The van der Waals surface area contributed by atoms with Crippen molar-refractivity contribution in [2.24, 2.45) is 0 Å². The molecule has 1 amide bonds. The Hall–Kier alpha value is -3.29. The molecule has 3 aromatic rings. The molecule has 3 heterocycles. The van der Waals surface area contributed by atoms with Crippen molar-refractivity contribution in [3.8, 4) is 11.4 Å². The van der Waals surface area contributed by atoms with Crippen molar-refractivity contribution in [3.05, 3.63) is 54.2 Å². The minimum absolute atomic E-state index is 0.00408. The summed E-state index contributed by atoms with van der Waals surface area (Å²) in [5.41, 5.74) is 2.01. The van der Waals surface area contributed by atoms with Crippen molar-refractivity contribution < 1.29 is 4.79 Å². The van der Waals surface area contributed by atoms with Crippen molar-refractivity contribution in [1.82, 2.24) is 30.1 Å². The lowest BCUT2D eigenvalue weighted by Crippen LogP contribution is -2.50. The van der Waals surface area contributed by atoms with Crippen molar-refractivity contribution >= 4 is 11.7 Å². The van der Waals surface area contributed by atoms with Crippen LogP contribution < -0.4 is 4.90 Å². The molecule has 0 N–H and O–H groups in total. The molecular formula is C19H21N7O. The Kier molecular flexibility index (Phi) is 4.78. The molecule has 4 rings (SSSR count). The molecule has 1 fully saturated rings. The van der Waals surface area contributed by atoms with Crippen LogP contribution in [0.1, 0.15) is 5.56 Å². The van der Waals surface area contributed by atoms with Crippen LogP contribution in [0.4, 0.5) is 5.82 Å². The molecule has 8 nitrogen and oxygen atoms in total. The van der Waals surface area contributed by atoms with Crippen molar-refractivity contribution in [3.63, 3.8) is 0 Å². The van der Waals surface area contributed by atoms with Gasteiger partial charge in [-0.05, 0) is 29.8 Å². The number of aromatic nitrogens is 5. The number of benzene rings is 1. The number of amides is 1. The summed E-state index contributed by atoms with van der Waals surface area (Å²) < 4.78 is 0. The summed E-state index contributed by atoms with van der Waals surface area (Å²) in [4.78, 5) is 22.4. The van der Waals surface area contributed by atoms with Crippen LogP contribution in [0.15, 0.2) is 48.7 Å². The quantitative estimate of drug-likeness (QED) is 0.697. The second-order valence-corrected chi connectivity index (χ2v) is 6.51. The lowest BCUT2D eigenvalue weighted by molar-refractivity contribution is -0.132. The highest BCUT2D eigenvalue weighted by Gasteiger charge is 2.22. The van der Waals surface area contributed by atoms with Crippen LogP contribution in [0.25, 0.3) is 11.4 Å². The first kappa shape index (κ1) is 17.1. The summed E-state index contributed by atoms with van der Waals surface area (Å²) in [6, 6.07) is 13.7. The maximum Gasteiger partial charge on any atom is 0.246 e. The zero-order valence-electron chi connectivity index (χ0n) is 15.2. The topological polar surface area (TPSA) is 80.0 Å². The maximum absolute atomic E-state index is 12.6. The first-order valence-corrected chi connectivity index (χ1v) is 8.98. The van der Waals surface area contributed by atoms with E-state index in [0.717, 1.165) is 30.0 Å². The molecule has 27 heavy (non-hydrogen) atoms. The van der Waals surface area contributed by atoms with E-state index >= 15 is 0 Å². The molecule has 0 aliphatic carbocycles. The summed E-state index contributed by atoms with van der Waals surface area (Å²) in [6.45, 7) is 4.96. The third-order valence-electron chi connectivity index (χ3n) is 4.72. The van der Waals surface area contributed by atoms with E-state index in [2.05, 4.69) is 25.3 Å². The molecule has 0 saturated carbocycles. The van der Waals surface area contributed by atoms with Gasteiger partial charge in [-0.1, -0.05) is 30.3 Å². The number of pyridine rings is 1. The number of aryl methyl sites for hydroxylation is 1. The predicted molar refractivity (Wildman–Crippen MR) is 101 cm³/mol. The maximum atomic E-state index is 12.6. The number of rotatable bonds is 4. The lowest BCUT2D eigenvalue weighted by atomic mass is 10.1. The zero-order chi connectivity index (χ0) is 18.6. The summed E-state index contributed by atoms with van der Waals surface area (Å²) in [7, 11) is 0. The van der Waals surface area contributed by atoms with Gasteiger partial charge in [0.05, 0.1) is 0 Å². The molecule has 1 aromatic carbocycles. The number of tetrazole rings is 1. The van der Waals surface area contributed by atoms with Crippen LogP contribution in [0.5, 0.6) is 0 Å². The van der Waals surface area contributed by atoms with Gasteiger partial charge in [-0.15, -0.1) is 10.2 Å². The van der Waals surface area contributed by atoms with E-state index in [1.165, 1.54) is 4.80 Å². The number of nitrogens with zero attached hydrogens (tertiary/aromatic N) is 7. The van der Waals surface area contributed by atoms with E-state index < -0.39 is 0 Å². The van der Waals surface area contributed by atoms with E-state index in [1.807, 2.05) is 54.3 Å². The minimum Gasteiger partial charge on any atom is -0.353 e. The minimum atomic E-state index is 0.00408. The number of carbonyl (C=O) groups excluding carboxylic acids is 1. The van der Waals surface area contributed by atoms with Crippen molar-refractivity contribution in [2.75, 3.05) is 31.1 Å². The van der Waals surface area contributed by atoms with E-state index in [4.69, 9.17) is 0 Å². The predicted octanol–water partition coefficient (Wildman–Crippen LogP) is 1.39. The van der Waals surface area contributed by atoms with Gasteiger partial charge in [0.1, 0.15) is 12.4 Å². The number of hydrogen-bond donors (Lipinski definition) is 0. The number of piperazine rings is 1. The van der Waals surface area contributed by atoms with Gasteiger partial charge in [0.2, 0.25) is 11.7 Å². The second kappa shape index (κ2) is 7.53. The molecule has 0 bridgehead atoms. The Labute approximate surface area is 157 Å². The fourth-order valence-electron chi connectivity index (χ4n) is 3.19. The van der Waals surface area contributed by atoms with Gasteiger partial charge in [0.25, 0.3) is 0 Å². The molecule has 0 spiro atoms. The smallest absolute Gasteiger partial charge is 0.246 e. The van der Waals surface area contributed by atoms with Gasteiger partial charge in [0, 0.05) is 37.9 Å². The molecule has 8 heteroatoms. The summed E-state index contributed by atoms with van der Waals surface area (Å²) >= 11 is 0. The fourth-order valence-corrected chi connectivity index (χ4v) is 3.19. The molecule has 0 atom stereocenters. The highest BCUT2D eigenvalue weighted by atomic mass is 16.2. The van der Waals surface area contributed by atoms with Crippen LogP contribution in [-0.2, 0) is 11.3 Å². The summed E-state index contributed by atoms with van der Waals surface area (Å²) in [5.74, 6) is 1.50. The van der Waals surface area contributed by atoms with Gasteiger partial charge < -0.3 is 9.80 Å². The Balaban J connectivity index is 1.36. The Morgan fingerprint density at radius 3 is 2.56 bits per heavy atom. The van der Waals surface area contributed by atoms with Gasteiger partial charge >= 0.3 is 0 Å². The molecule has 1 aliphatic rings. The summed E-state index contributed by atoms with van der Waals surface area (Å²) in [6.07, 6.45) is 1.79. The fraction of sp³-hybridized carbons (Fsp3) is 0.316. The van der Waals surface area contributed by atoms with Crippen molar-refractivity contribution in [1.29, 1.82) is 0 Å². The van der Waals surface area contributed by atoms with Crippen molar-refractivity contribution in [2.45, 2.75) is 13.5 Å². The molecular weight excluding hydrogens is 342 g/mol. The Morgan fingerprint density at radius 2 is 1.81 bits per heavy atom. The first-order chi connectivity index (χ1) is 13.2. The molecule has 0 unspecified atom stereocenters.